The van der Waals surface area contributed by atoms with Gasteiger partial charge in [-0.1, -0.05) is 140 Å². The van der Waals surface area contributed by atoms with Crippen LogP contribution in [0.25, 0.3) is 97.4 Å². The Labute approximate surface area is 298 Å². The molecule has 0 aliphatic carbocycles. The van der Waals surface area contributed by atoms with Crippen molar-refractivity contribution in [1.29, 1.82) is 0 Å². The Morgan fingerprint density at radius 3 is 1.65 bits per heavy atom. The van der Waals surface area contributed by atoms with Crippen molar-refractivity contribution in [2.24, 2.45) is 0 Å². The van der Waals surface area contributed by atoms with Gasteiger partial charge >= 0.3 is 0 Å². The van der Waals surface area contributed by atoms with E-state index in [4.69, 9.17) is 0 Å². The highest BCUT2D eigenvalue weighted by atomic mass is 32.1. The lowest BCUT2D eigenvalue weighted by Gasteiger charge is -2.11. The number of hydrogen-bond donors (Lipinski definition) is 0. The van der Waals surface area contributed by atoms with E-state index >= 15 is 0 Å². The van der Waals surface area contributed by atoms with Crippen LogP contribution in [0.3, 0.4) is 0 Å². The summed E-state index contributed by atoms with van der Waals surface area (Å²) in [5, 5.41) is 7.70. The normalized spacial score (nSPS) is 11.9. The maximum atomic E-state index is 2.53. The van der Waals surface area contributed by atoms with E-state index in [0.717, 1.165) is 5.69 Å². The van der Waals surface area contributed by atoms with Crippen molar-refractivity contribution in [2.75, 3.05) is 0 Å². The second kappa shape index (κ2) is 11.0. The first-order valence-electron chi connectivity index (χ1n) is 17.4. The molecule has 238 valence electrons. The van der Waals surface area contributed by atoms with E-state index in [1.54, 1.807) is 0 Å². The smallest absolute Gasteiger partial charge is 0.0641 e. The maximum Gasteiger partial charge on any atom is 0.0641 e. The molecule has 0 N–H and O–H groups in total. The number of nitrogens with zero attached hydrogens (tertiary/aromatic N) is 2. The Morgan fingerprint density at radius 2 is 0.902 bits per heavy atom. The standard InChI is InChI=1S/C48H30N2S/c1-2-11-31(12-3-1)32-21-23-33(24-22-32)34-25-27-35(28-26-34)49-42-18-8-5-15-40(42)46-43(49)30-29-38-36-13-4-7-17-41(36)50(47(38)46)44-19-10-16-39-37-14-6-9-20-45(37)51-48(39)44/h1-30H. The van der Waals surface area contributed by atoms with Gasteiger partial charge in [-0.2, -0.15) is 0 Å². The van der Waals surface area contributed by atoms with Crippen LogP contribution in [-0.2, 0) is 0 Å². The van der Waals surface area contributed by atoms with E-state index < -0.39 is 0 Å². The van der Waals surface area contributed by atoms with Gasteiger partial charge in [0, 0.05) is 42.7 Å². The van der Waals surface area contributed by atoms with E-state index in [1.807, 2.05) is 11.3 Å². The highest BCUT2D eigenvalue weighted by Crippen LogP contribution is 2.45. The molecule has 51 heavy (non-hydrogen) atoms. The monoisotopic (exact) mass is 666 g/mol. The van der Waals surface area contributed by atoms with Crippen molar-refractivity contribution >= 4 is 75.1 Å². The third-order valence-electron chi connectivity index (χ3n) is 10.5. The van der Waals surface area contributed by atoms with Crippen LogP contribution in [0, 0.1) is 0 Å². The van der Waals surface area contributed by atoms with Crippen molar-refractivity contribution in [1.82, 2.24) is 9.13 Å². The molecule has 0 bridgehead atoms. The largest absolute Gasteiger partial charge is 0.309 e. The lowest BCUT2D eigenvalue weighted by atomic mass is 10.0. The molecule has 3 heterocycles. The van der Waals surface area contributed by atoms with E-state index in [2.05, 4.69) is 191 Å². The summed E-state index contributed by atoms with van der Waals surface area (Å²) in [6.45, 7) is 0. The summed E-state index contributed by atoms with van der Waals surface area (Å²) in [5.41, 5.74) is 12.2. The summed E-state index contributed by atoms with van der Waals surface area (Å²) in [5.74, 6) is 0. The molecule has 0 aliphatic heterocycles. The van der Waals surface area contributed by atoms with Crippen molar-refractivity contribution < 1.29 is 0 Å². The van der Waals surface area contributed by atoms with Gasteiger partial charge < -0.3 is 9.13 Å². The van der Waals surface area contributed by atoms with Gasteiger partial charge in [0.1, 0.15) is 0 Å². The average Bonchev–Trinajstić information content (AvgIpc) is 3.86. The molecule has 11 rings (SSSR count). The molecule has 0 saturated carbocycles. The minimum Gasteiger partial charge on any atom is -0.309 e. The van der Waals surface area contributed by atoms with Crippen LogP contribution in [0.5, 0.6) is 0 Å². The maximum absolute atomic E-state index is 2.53. The molecule has 0 amide bonds. The molecule has 0 aliphatic rings. The van der Waals surface area contributed by atoms with Gasteiger partial charge in [-0.25, -0.2) is 0 Å². The number of thiophene rings is 1. The lowest BCUT2D eigenvalue weighted by Crippen LogP contribution is -1.95. The van der Waals surface area contributed by atoms with Gasteiger partial charge in [0.05, 0.1) is 32.5 Å². The first kappa shape index (κ1) is 28.4. The number of fused-ring (bicyclic) bond motifs is 10. The predicted molar refractivity (Wildman–Crippen MR) is 219 cm³/mol. The lowest BCUT2D eigenvalue weighted by molar-refractivity contribution is 1.18. The first-order chi connectivity index (χ1) is 25.3. The van der Waals surface area contributed by atoms with Crippen LogP contribution in [-0.4, -0.2) is 9.13 Å². The summed E-state index contributed by atoms with van der Waals surface area (Å²) in [6.07, 6.45) is 0. The summed E-state index contributed by atoms with van der Waals surface area (Å²) >= 11 is 1.89. The molecule has 3 aromatic heterocycles. The van der Waals surface area contributed by atoms with Crippen LogP contribution in [0.15, 0.2) is 182 Å². The topological polar surface area (TPSA) is 9.86 Å². The number of para-hydroxylation sites is 2. The fourth-order valence-corrected chi connectivity index (χ4v) is 9.44. The van der Waals surface area contributed by atoms with Crippen molar-refractivity contribution in [3.8, 4) is 33.6 Å². The van der Waals surface area contributed by atoms with Crippen LogP contribution in [0.2, 0.25) is 0 Å². The van der Waals surface area contributed by atoms with E-state index in [-0.39, 0.29) is 0 Å². The zero-order valence-corrected chi connectivity index (χ0v) is 28.4. The number of aromatic nitrogens is 2. The quantitative estimate of drug-likeness (QED) is 0.177. The van der Waals surface area contributed by atoms with Gasteiger partial charge in [-0.15, -0.1) is 11.3 Å². The third-order valence-corrected chi connectivity index (χ3v) is 11.8. The van der Waals surface area contributed by atoms with Gasteiger partial charge in [0.2, 0.25) is 0 Å². The number of rotatable bonds is 4. The fourth-order valence-electron chi connectivity index (χ4n) is 8.23. The minimum absolute atomic E-state index is 1.15. The van der Waals surface area contributed by atoms with E-state index in [1.165, 1.54) is 91.7 Å². The van der Waals surface area contributed by atoms with Gasteiger partial charge in [-0.05, 0) is 64.7 Å². The molecule has 3 heteroatoms. The summed E-state index contributed by atoms with van der Waals surface area (Å²) in [6, 6.07) is 66.5. The van der Waals surface area contributed by atoms with Crippen LogP contribution in [0.1, 0.15) is 0 Å². The predicted octanol–water partition coefficient (Wildman–Crippen LogP) is 13.6. The number of hydrogen-bond acceptors (Lipinski definition) is 1. The Bertz CT molecular complexity index is 3100. The SMILES string of the molecule is c1ccc(-c2ccc(-c3ccc(-n4c5ccccc5c5c4ccc4c6ccccc6n(-c6cccc7c6sc6ccccc67)c45)cc3)cc2)cc1. The summed E-state index contributed by atoms with van der Waals surface area (Å²) in [4.78, 5) is 0. The summed E-state index contributed by atoms with van der Waals surface area (Å²) < 4.78 is 7.60. The third kappa shape index (κ3) is 4.22. The molecule has 0 fully saturated rings. The second-order valence-electron chi connectivity index (χ2n) is 13.3. The highest BCUT2D eigenvalue weighted by molar-refractivity contribution is 7.26. The van der Waals surface area contributed by atoms with E-state index in [9.17, 15) is 0 Å². The molecule has 0 atom stereocenters. The first-order valence-corrected chi connectivity index (χ1v) is 18.3. The van der Waals surface area contributed by atoms with Crippen LogP contribution < -0.4 is 0 Å². The fraction of sp³-hybridized carbons (Fsp3) is 0. The van der Waals surface area contributed by atoms with Crippen LogP contribution >= 0.6 is 11.3 Å². The van der Waals surface area contributed by atoms with Gasteiger partial charge in [0.15, 0.2) is 0 Å². The van der Waals surface area contributed by atoms with Crippen LogP contribution in [0.4, 0.5) is 0 Å². The zero-order valence-electron chi connectivity index (χ0n) is 27.6. The Kier molecular flexibility index (Phi) is 6.16. The second-order valence-corrected chi connectivity index (χ2v) is 14.4. The number of benzene rings is 8. The molecule has 0 spiro atoms. The molecule has 0 saturated heterocycles. The molecule has 0 unspecified atom stereocenters. The van der Waals surface area contributed by atoms with Crippen molar-refractivity contribution in [3.63, 3.8) is 0 Å². The molecular formula is C48H30N2S. The zero-order chi connectivity index (χ0) is 33.5. The molecular weight excluding hydrogens is 637 g/mol. The Morgan fingerprint density at radius 1 is 0.333 bits per heavy atom. The Hall–Kier alpha value is -6.42. The van der Waals surface area contributed by atoms with E-state index in [0.29, 0.717) is 0 Å². The molecule has 0 radical (unpaired) electrons. The molecule has 8 aromatic carbocycles. The van der Waals surface area contributed by atoms with Gasteiger partial charge in [-0.3, -0.25) is 0 Å². The Balaban J connectivity index is 1.14. The highest BCUT2D eigenvalue weighted by Gasteiger charge is 2.22. The summed E-state index contributed by atoms with van der Waals surface area (Å²) in [7, 11) is 0. The molecule has 11 aromatic rings. The van der Waals surface area contributed by atoms with Crippen molar-refractivity contribution in [2.45, 2.75) is 0 Å². The molecule has 2 nitrogen and oxygen atoms in total. The van der Waals surface area contributed by atoms with Gasteiger partial charge in [0.25, 0.3) is 0 Å². The average molecular weight is 667 g/mol. The minimum atomic E-state index is 1.15. The van der Waals surface area contributed by atoms with Crippen molar-refractivity contribution in [3.05, 3.63) is 182 Å².